The molecule has 0 atom stereocenters. The highest BCUT2D eigenvalue weighted by Gasteiger charge is 2.21. The molecule has 1 aromatic heterocycles. The van der Waals surface area contributed by atoms with Crippen molar-refractivity contribution in [2.24, 2.45) is 0 Å². The van der Waals surface area contributed by atoms with Crippen LogP contribution in [-0.2, 0) is 4.79 Å². The fourth-order valence-electron chi connectivity index (χ4n) is 3.33. The second kappa shape index (κ2) is 11.5. The van der Waals surface area contributed by atoms with E-state index in [0.717, 1.165) is 46.5 Å². The lowest BCUT2D eigenvalue weighted by atomic mass is 10.2. The highest BCUT2D eigenvalue weighted by atomic mass is 32.2. The minimum atomic E-state index is 0.116. The first kappa shape index (κ1) is 23.6. The van der Waals surface area contributed by atoms with Crippen molar-refractivity contribution >= 4 is 44.4 Å². The van der Waals surface area contributed by atoms with Gasteiger partial charge in [0.05, 0.1) is 11.8 Å². The molecule has 3 aromatic rings. The van der Waals surface area contributed by atoms with Gasteiger partial charge in [0.15, 0.2) is 5.13 Å². The molecule has 0 aliphatic rings. The van der Waals surface area contributed by atoms with Crippen LogP contribution in [0.5, 0.6) is 5.75 Å². The van der Waals surface area contributed by atoms with Crippen LogP contribution in [0.1, 0.15) is 25.8 Å². The maximum absolute atomic E-state index is 13.2. The average molecular weight is 458 g/mol. The number of rotatable bonds is 11. The minimum absolute atomic E-state index is 0.116. The Labute approximate surface area is 193 Å². The predicted octanol–water partition coefficient (Wildman–Crippen LogP) is 5.47. The topological polar surface area (TPSA) is 45.7 Å². The van der Waals surface area contributed by atoms with Gasteiger partial charge in [-0.3, -0.25) is 9.69 Å². The zero-order valence-corrected chi connectivity index (χ0v) is 20.4. The Kier molecular flexibility index (Phi) is 8.75. The van der Waals surface area contributed by atoms with Gasteiger partial charge in [0.2, 0.25) is 5.91 Å². The number of hydrogen-bond acceptors (Lipinski definition) is 6. The van der Waals surface area contributed by atoms with Crippen molar-refractivity contribution in [2.75, 3.05) is 43.9 Å². The summed E-state index contributed by atoms with van der Waals surface area (Å²) in [5.41, 5.74) is 2.06. The first-order chi connectivity index (χ1) is 15.0. The van der Waals surface area contributed by atoms with E-state index in [-0.39, 0.29) is 5.91 Å². The van der Waals surface area contributed by atoms with Crippen molar-refractivity contribution in [2.45, 2.75) is 32.1 Å². The van der Waals surface area contributed by atoms with Crippen molar-refractivity contribution in [3.05, 3.63) is 48.0 Å². The van der Waals surface area contributed by atoms with Crippen molar-refractivity contribution in [3.63, 3.8) is 0 Å². The molecule has 0 saturated heterocycles. The van der Waals surface area contributed by atoms with Gasteiger partial charge < -0.3 is 9.64 Å². The zero-order chi connectivity index (χ0) is 22.2. The standard InChI is InChI=1S/C24H31N3O2S2/c1-5-26(6-2)15-16-27(22(28)14-17-30-19-12-10-18(3)11-13-19)24-25-23-20(29-4)8-7-9-21(23)31-24/h7-13H,5-6,14-17H2,1-4H3. The van der Waals surface area contributed by atoms with Crippen LogP contribution in [-0.4, -0.2) is 54.8 Å². The lowest BCUT2D eigenvalue weighted by Gasteiger charge is -2.24. The van der Waals surface area contributed by atoms with E-state index in [0.29, 0.717) is 13.0 Å². The maximum Gasteiger partial charge on any atom is 0.229 e. The summed E-state index contributed by atoms with van der Waals surface area (Å²) in [6.45, 7) is 9.78. The number of carbonyl (C=O) groups excluding carboxylic acids is 1. The number of carbonyl (C=O) groups is 1. The molecular formula is C24H31N3O2S2. The van der Waals surface area contributed by atoms with Gasteiger partial charge in [0.1, 0.15) is 11.3 Å². The number of methoxy groups -OCH3 is 1. The fourth-order valence-corrected chi connectivity index (χ4v) is 5.19. The SMILES string of the molecule is CCN(CC)CCN(C(=O)CCSc1ccc(C)cc1)c1nc2c(OC)cccc2s1. The third-order valence-corrected chi connectivity index (χ3v) is 7.32. The number of thioether (sulfide) groups is 1. The largest absolute Gasteiger partial charge is 0.494 e. The molecule has 2 aromatic carbocycles. The highest BCUT2D eigenvalue weighted by molar-refractivity contribution is 7.99. The molecule has 0 fully saturated rings. The van der Waals surface area contributed by atoms with Crippen LogP contribution in [0.3, 0.4) is 0 Å². The number of likely N-dealkylation sites (N-methyl/N-ethyl adjacent to an activating group) is 1. The first-order valence-electron chi connectivity index (χ1n) is 10.7. The lowest BCUT2D eigenvalue weighted by molar-refractivity contribution is -0.118. The molecule has 0 aliphatic carbocycles. The summed E-state index contributed by atoms with van der Waals surface area (Å²) < 4.78 is 6.50. The van der Waals surface area contributed by atoms with Crippen molar-refractivity contribution in [3.8, 4) is 5.75 Å². The number of anilines is 1. The molecule has 3 rings (SSSR count). The van der Waals surface area contributed by atoms with Crippen LogP contribution in [0.25, 0.3) is 10.2 Å². The molecule has 0 saturated carbocycles. The van der Waals surface area contributed by atoms with Crippen LogP contribution in [0, 0.1) is 6.92 Å². The summed E-state index contributed by atoms with van der Waals surface area (Å²) in [7, 11) is 1.65. The molecule has 1 heterocycles. The van der Waals surface area contributed by atoms with E-state index in [1.807, 2.05) is 23.1 Å². The van der Waals surface area contributed by atoms with Crippen LogP contribution >= 0.6 is 23.1 Å². The monoisotopic (exact) mass is 457 g/mol. The molecule has 0 spiro atoms. The number of aromatic nitrogens is 1. The van der Waals surface area contributed by atoms with Gasteiger partial charge in [0.25, 0.3) is 0 Å². The number of thiazole rings is 1. The van der Waals surface area contributed by atoms with Crippen LogP contribution in [0.2, 0.25) is 0 Å². The van der Waals surface area contributed by atoms with E-state index in [4.69, 9.17) is 9.72 Å². The number of nitrogens with zero attached hydrogens (tertiary/aromatic N) is 3. The maximum atomic E-state index is 13.2. The smallest absolute Gasteiger partial charge is 0.229 e. The normalized spacial score (nSPS) is 11.3. The second-order valence-corrected chi connectivity index (χ2v) is 9.46. The molecule has 1 amide bonds. The molecule has 5 nitrogen and oxygen atoms in total. The van der Waals surface area contributed by atoms with Gasteiger partial charge in [-0.25, -0.2) is 4.98 Å². The summed E-state index contributed by atoms with van der Waals surface area (Å²) in [5, 5.41) is 0.747. The number of fused-ring (bicyclic) bond motifs is 1. The zero-order valence-electron chi connectivity index (χ0n) is 18.8. The number of ether oxygens (including phenoxy) is 1. The highest BCUT2D eigenvalue weighted by Crippen LogP contribution is 2.34. The van der Waals surface area contributed by atoms with Crippen molar-refractivity contribution in [1.82, 2.24) is 9.88 Å². The van der Waals surface area contributed by atoms with Gasteiger partial charge in [-0.2, -0.15) is 0 Å². The van der Waals surface area contributed by atoms with Crippen molar-refractivity contribution < 1.29 is 9.53 Å². The number of hydrogen-bond donors (Lipinski definition) is 0. The Balaban J connectivity index is 1.75. The Morgan fingerprint density at radius 1 is 1.10 bits per heavy atom. The van der Waals surface area contributed by atoms with Gasteiger partial charge in [-0.1, -0.05) is 48.9 Å². The molecule has 31 heavy (non-hydrogen) atoms. The third-order valence-electron chi connectivity index (χ3n) is 5.26. The lowest BCUT2D eigenvalue weighted by Crippen LogP contribution is -2.39. The summed E-state index contributed by atoms with van der Waals surface area (Å²) in [6.07, 6.45) is 0.476. The van der Waals surface area contributed by atoms with E-state index in [1.54, 1.807) is 30.2 Å². The predicted molar refractivity (Wildman–Crippen MR) is 133 cm³/mol. The molecule has 0 bridgehead atoms. The Hall–Kier alpha value is -2.09. The molecule has 0 radical (unpaired) electrons. The fraction of sp³-hybridized carbons (Fsp3) is 0.417. The quantitative estimate of drug-likeness (QED) is 0.357. The molecule has 0 N–H and O–H groups in total. The second-order valence-electron chi connectivity index (χ2n) is 7.29. The summed E-state index contributed by atoms with van der Waals surface area (Å²) in [4.78, 5) is 23.4. The van der Waals surface area contributed by atoms with E-state index in [9.17, 15) is 4.79 Å². The van der Waals surface area contributed by atoms with Crippen LogP contribution < -0.4 is 9.64 Å². The number of benzene rings is 2. The Morgan fingerprint density at radius 3 is 2.52 bits per heavy atom. The van der Waals surface area contributed by atoms with Crippen LogP contribution in [0.15, 0.2) is 47.4 Å². The molecule has 0 unspecified atom stereocenters. The third kappa shape index (κ3) is 6.21. The van der Waals surface area contributed by atoms with Crippen molar-refractivity contribution in [1.29, 1.82) is 0 Å². The summed E-state index contributed by atoms with van der Waals surface area (Å²) in [6, 6.07) is 14.3. The van der Waals surface area contributed by atoms with Crippen LogP contribution in [0.4, 0.5) is 5.13 Å². The van der Waals surface area contributed by atoms with Gasteiger partial charge in [0, 0.05) is 30.2 Å². The number of amides is 1. The average Bonchev–Trinajstić information content (AvgIpc) is 3.22. The summed E-state index contributed by atoms with van der Waals surface area (Å²) in [5.74, 6) is 1.61. The minimum Gasteiger partial charge on any atom is -0.494 e. The Morgan fingerprint density at radius 2 is 1.84 bits per heavy atom. The molecule has 0 aliphatic heterocycles. The van der Waals surface area contributed by atoms with Gasteiger partial charge >= 0.3 is 0 Å². The first-order valence-corrected chi connectivity index (χ1v) is 12.5. The number of para-hydroxylation sites is 1. The van der Waals surface area contributed by atoms with Gasteiger partial charge in [-0.15, -0.1) is 11.8 Å². The molecule has 166 valence electrons. The number of aryl methyl sites for hydroxylation is 1. The van der Waals surface area contributed by atoms with E-state index >= 15 is 0 Å². The van der Waals surface area contributed by atoms with E-state index < -0.39 is 0 Å². The molecule has 7 heteroatoms. The Bertz CT molecular complexity index is 984. The van der Waals surface area contributed by atoms with Gasteiger partial charge in [-0.05, 0) is 44.3 Å². The van der Waals surface area contributed by atoms with E-state index in [1.165, 1.54) is 10.5 Å². The van der Waals surface area contributed by atoms with E-state index in [2.05, 4.69) is 49.9 Å². The summed E-state index contributed by atoms with van der Waals surface area (Å²) >= 11 is 3.27. The molecular weight excluding hydrogens is 426 g/mol.